The van der Waals surface area contributed by atoms with Crippen molar-refractivity contribution in [2.24, 2.45) is 0 Å². The average Bonchev–Trinajstić information content (AvgIpc) is 2.80. The number of cyclic esters (lactones) is 1. The van der Waals surface area contributed by atoms with Crippen LogP contribution in [0.25, 0.3) is 0 Å². The van der Waals surface area contributed by atoms with Gasteiger partial charge in [-0.2, -0.15) is 13.2 Å². The van der Waals surface area contributed by atoms with Crippen molar-refractivity contribution in [2.45, 2.75) is 12.0 Å². The fourth-order valence-corrected chi connectivity index (χ4v) is 2.43. The molecule has 0 N–H and O–H groups in total. The highest BCUT2D eigenvalue weighted by atomic mass is 19.4. The molecule has 2 aromatic carbocycles. The third kappa shape index (κ3) is 2.46. The second kappa shape index (κ2) is 5.14. The fraction of sp³-hybridized carbons (Fsp3) is 0.188. The number of fused-ring (bicyclic) bond motifs is 1. The van der Waals surface area contributed by atoms with Crippen molar-refractivity contribution < 1.29 is 27.4 Å². The van der Waals surface area contributed by atoms with Crippen molar-refractivity contribution in [3.63, 3.8) is 0 Å². The van der Waals surface area contributed by atoms with Gasteiger partial charge >= 0.3 is 12.1 Å². The van der Waals surface area contributed by atoms with E-state index in [-0.39, 0.29) is 11.1 Å². The number of esters is 1. The van der Waals surface area contributed by atoms with E-state index >= 15 is 0 Å². The maximum Gasteiger partial charge on any atom is 0.411 e. The van der Waals surface area contributed by atoms with Gasteiger partial charge in [0.25, 0.3) is 5.79 Å². The Labute approximate surface area is 124 Å². The van der Waals surface area contributed by atoms with Crippen molar-refractivity contribution in [1.82, 2.24) is 0 Å². The summed E-state index contributed by atoms with van der Waals surface area (Å²) in [4.78, 5) is 12.0. The lowest BCUT2D eigenvalue weighted by atomic mass is 9.95. The Kier molecular flexibility index (Phi) is 3.41. The molecular weight excluding hydrogens is 297 g/mol. The molecule has 0 amide bonds. The molecule has 0 bridgehead atoms. The van der Waals surface area contributed by atoms with Crippen molar-refractivity contribution in [3.05, 3.63) is 71.3 Å². The van der Waals surface area contributed by atoms with Gasteiger partial charge in [-0.05, 0) is 6.07 Å². The summed E-state index contributed by atoms with van der Waals surface area (Å²) in [6.07, 6.45) is -4.54. The molecule has 1 unspecified atom stereocenters. The molecule has 0 aliphatic carbocycles. The first-order valence-corrected chi connectivity index (χ1v) is 6.51. The Hall–Kier alpha value is -2.34. The standard InChI is InChI=1S/C16H11F3O3/c17-15(18,19)10-21-16(11-6-2-1-3-7-11)13-9-5-4-8-12(13)14(20)22-16/h1-9H,10H2. The van der Waals surface area contributed by atoms with Crippen LogP contribution < -0.4 is 0 Å². The van der Waals surface area contributed by atoms with E-state index in [1.165, 1.54) is 12.1 Å². The first kappa shape index (κ1) is 14.6. The summed E-state index contributed by atoms with van der Waals surface area (Å²) in [5.74, 6) is -2.58. The minimum absolute atomic E-state index is 0.202. The monoisotopic (exact) mass is 308 g/mol. The second-order valence-electron chi connectivity index (χ2n) is 4.82. The lowest BCUT2D eigenvalue weighted by Crippen LogP contribution is -2.35. The molecule has 6 heteroatoms. The summed E-state index contributed by atoms with van der Waals surface area (Å²) in [5, 5.41) is 0. The Morgan fingerprint density at radius 1 is 1.00 bits per heavy atom. The topological polar surface area (TPSA) is 35.5 Å². The van der Waals surface area contributed by atoms with Crippen molar-refractivity contribution >= 4 is 5.97 Å². The van der Waals surface area contributed by atoms with Gasteiger partial charge < -0.3 is 9.47 Å². The number of halogens is 3. The van der Waals surface area contributed by atoms with Gasteiger partial charge in [-0.1, -0.05) is 48.5 Å². The molecule has 0 aromatic heterocycles. The summed E-state index contributed by atoms with van der Waals surface area (Å²) in [5.41, 5.74) is 0.807. The smallest absolute Gasteiger partial charge is 0.411 e. The Bertz CT molecular complexity index is 697. The third-order valence-corrected chi connectivity index (χ3v) is 3.33. The molecular formula is C16H11F3O3. The summed E-state index contributed by atoms with van der Waals surface area (Å²) in [6, 6.07) is 14.4. The average molecular weight is 308 g/mol. The molecule has 0 saturated heterocycles. The lowest BCUT2D eigenvalue weighted by molar-refractivity contribution is -0.249. The summed E-state index contributed by atoms with van der Waals surface area (Å²) >= 11 is 0. The Morgan fingerprint density at radius 2 is 1.64 bits per heavy atom. The van der Waals surface area contributed by atoms with E-state index in [0.29, 0.717) is 5.56 Å². The number of benzene rings is 2. The number of rotatable bonds is 3. The molecule has 1 heterocycles. The highest BCUT2D eigenvalue weighted by Crippen LogP contribution is 2.43. The molecule has 0 spiro atoms. The van der Waals surface area contributed by atoms with Crippen LogP contribution in [0.15, 0.2) is 54.6 Å². The quantitative estimate of drug-likeness (QED) is 0.812. The molecule has 0 fully saturated rings. The van der Waals surface area contributed by atoms with Crippen LogP contribution in [0.5, 0.6) is 0 Å². The van der Waals surface area contributed by atoms with E-state index in [1.807, 2.05) is 0 Å². The zero-order chi connectivity index (χ0) is 15.8. The minimum atomic E-state index is -4.54. The van der Waals surface area contributed by atoms with Gasteiger partial charge in [-0.15, -0.1) is 0 Å². The predicted octanol–water partition coefficient (Wildman–Crippen LogP) is 3.64. The molecule has 1 atom stereocenters. The van der Waals surface area contributed by atoms with E-state index in [0.717, 1.165) is 0 Å². The molecule has 3 rings (SSSR count). The van der Waals surface area contributed by atoms with E-state index < -0.39 is 24.5 Å². The van der Waals surface area contributed by atoms with Crippen molar-refractivity contribution in [1.29, 1.82) is 0 Å². The van der Waals surface area contributed by atoms with Gasteiger partial charge in [0.1, 0.15) is 6.61 Å². The molecule has 1 aliphatic heterocycles. The lowest BCUT2D eigenvalue weighted by Gasteiger charge is -2.29. The maximum atomic E-state index is 12.6. The molecule has 3 nitrogen and oxygen atoms in total. The minimum Gasteiger partial charge on any atom is -0.420 e. The van der Waals surface area contributed by atoms with Crippen LogP contribution in [0.1, 0.15) is 21.5 Å². The van der Waals surface area contributed by atoms with Gasteiger partial charge in [0, 0.05) is 11.1 Å². The molecule has 22 heavy (non-hydrogen) atoms. The molecule has 1 aliphatic rings. The number of carbonyl (C=O) groups excluding carboxylic acids is 1. The van der Waals surface area contributed by atoms with Crippen LogP contribution in [-0.4, -0.2) is 18.8 Å². The SMILES string of the molecule is O=C1OC(OCC(F)(F)F)(c2ccccc2)c2ccccc21. The van der Waals surface area contributed by atoms with Crippen LogP contribution in [0.2, 0.25) is 0 Å². The van der Waals surface area contributed by atoms with Gasteiger partial charge in [0.2, 0.25) is 0 Å². The van der Waals surface area contributed by atoms with Gasteiger partial charge in [0.15, 0.2) is 0 Å². The predicted molar refractivity (Wildman–Crippen MR) is 71.1 cm³/mol. The third-order valence-electron chi connectivity index (χ3n) is 3.33. The summed E-state index contributed by atoms with van der Waals surface area (Å²) < 4.78 is 48.1. The highest BCUT2D eigenvalue weighted by Gasteiger charge is 2.50. The van der Waals surface area contributed by atoms with E-state index in [4.69, 9.17) is 9.47 Å². The van der Waals surface area contributed by atoms with Crippen molar-refractivity contribution in [3.8, 4) is 0 Å². The second-order valence-corrected chi connectivity index (χ2v) is 4.82. The number of hydrogen-bond acceptors (Lipinski definition) is 3. The maximum absolute atomic E-state index is 12.6. The van der Waals surface area contributed by atoms with Crippen LogP contribution in [0, 0.1) is 0 Å². The normalized spacial score (nSPS) is 20.6. The van der Waals surface area contributed by atoms with Crippen LogP contribution in [-0.2, 0) is 15.3 Å². The zero-order valence-electron chi connectivity index (χ0n) is 11.3. The van der Waals surface area contributed by atoms with Crippen LogP contribution >= 0.6 is 0 Å². The van der Waals surface area contributed by atoms with Crippen LogP contribution in [0.3, 0.4) is 0 Å². The van der Waals surface area contributed by atoms with Crippen molar-refractivity contribution in [2.75, 3.05) is 6.61 Å². The Morgan fingerprint density at radius 3 is 2.32 bits per heavy atom. The number of alkyl halides is 3. The largest absolute Gasteiger partial charge is 0.420 e. The number of carbonyl (C=O) groups is 1. The zero-order valence-corrected chi connectivity index (χ0v) is 11.3. The van der Waals surface area contributed by atoms with Gasteiger partial charge in [0.05, 0.1) is 5.56 Å². The van der Waals surface area contributed by atoms with E-state index in [1.54, 1.807) is 42.5 Å². The Balaban J connectivity index is 2.12. The molecule has 0 radical (unpaired) electrons. The first-order chi connectivity index (χ1) is 10.4. The highest BCUT2D eigenvalue weighted by molar-refractivity contribution is 5.95. The number of ether oxygens (including phenoxy) is 2. The molecule has 0 saturated carbocycles. The van der Waals surface area contributed by atoms with E-state index in [9.17, 15) is 18.0 Å². The number of hydrogen-bond donors (Lipinski definition) is 0. The van der Waals surface area contributed by atoms with E-state index in [2.05, 4.69) is 0 Å². The summed E-state index contributed by atoms with van der Waals surface area (Å²) in [7, 11) is 0. The molecule has 114 valence electrons. The first-order valence-electron chi connectivity index (χ1n) is 6.51. The molecule has 2 aromatic rings. The van der Waals surface area contributed by atoms with Crippen LogP contribution in [0.4, 0.5) is 13.2 Å². The van der Waals surface area contributed by atoms with Gasteiger partial charge in [-0.3, -0.25) is 0 Å². The van der Waals surface area contributed by atoms with Gasteiger partial charge in [-0.25, -0.2) is 4.79 Å². The fourth-order valence-electron chi connectivity index (χ4n) is 2.43. The summed E-state index contributed by atoms with van der Waals surface area (Å²) in [6.45, 7) is -1.52.